The molecular formula is C9H16N4. The zero-order chi connectivity index (χ0) is 9.26. The summed E-state index contributed by atoms with van der Waals surface area (Å²) in [5.74, 6) is 2.67. The van der Waals surface area contributed by atoms with Crippen molar-refractivity contribution < 1.29 is 0 Å². The van der Waals surface area contributed by atoms with Crippen LogP contribution < -0.4 is 5.32 Å². The molecule has 1 N–H and O–H groups in total. The molecule has 0 bridgehead atoms. The van der Waals surface area contributed by atoms with Crippen molar-refractivity contribution in [3.63, 3.8) is 0 Å². The summed E-state index contributed by atoms with van der Waals surface area (Å²) in [4.78, 5) is 4.52. The van der Waals surface area contributed by atoms with E-state index in [1.54, 1.807) is 0 Å². The third-order valence-electron chi connectivity index (χ3n) is 2.58. The van der Waals surface area contributed by atoms with Crippen LogP contribution in [0.25, 0.3) is 0 Å². The molecule has 4 nitrogen and oxygen atoms in total. The van der Waals surface area contributed by atoms with E-state index in [-0.39, 0.29) is 0 Å². The highest BCUT2D eigenvalue weighted by Gasteiger charge is 2.21. The second-order valence-corrected chi connectivity index (χ2v) is 3.55. The molecule has 4 heteroatoms. The van der Waals surface area contributed by atoms with E-state index in [1.807, 2.05) is 11.7 Å². The molecule has 2 heterocycles. The molecule has 13 heavy (non-hydrogen) atoms. The van der Waals surface area contributed by atoms with Gasteiger partial charge in [0.1, 0.15) is 5.82 Å². The Kier molecular flexibility index (Phi) is 2.31. The van der Waals surface area contributed by atoms with Gasteiger partial charge in [-0.3, -0.25) is 4.68 Å². The van der Waals surface area contributed by atoms with Crippen molar-refractivity contribution in [2.45, 2.75) is 25.7 Å². The van der Waals surface area contributed by atoms with Gasteiger partial charge in [0.15, 0.2) is 5.82 Å². The van der Waals surface area contributed by atoms with E-state index in [4.69, 9.17) is 0 Å². The van der Waals surface area contributed by atoms with Gasteiger partial charge in [0.25, 0.3) is 0 Å². The van der Waals surface area contributed by atoms with Crippen LogP contribution in [0.3, 0.4) is 0 Å². The average molecular weight is 180 g/mol. The number of nitrogens with one attached hydrogen (secondary N) is 1. The third-order valence-corrected chi connectivity index (χ3v) is 2.58. The molecule has 0 aromatic carbocycles. The van der Waals surface area contributed by atoms with Gasteiger partial charge in [-0.15, -0.1) is 0 Å². The molecule has 1 aliphatic heterocycles. The molecule has 1 atom stereocenters. The van der Waals surface area contributed by atoms with Crippen LogP contribution in [0.1, 0.15) is 30.9 Å². The Morgan fingerprint density at radius 2 is 2.46 bits per heavy atom. The van der Waals surface area contributed by atoms with Crippen LogP contribution in [0, 0.1) is 0 Å². The lowest BCUT2D eigenvalue weighted by Gasteiger charge is -2.05. The molecule has 1 aliphatic rings. The zero-order valence-corrected chi connectivity index (χ0v) is 8.25. The summed E-state index contributed by atoms with van der Waals surface area (Å²) in [7, 11) is 1.99. The number of aryl methyl sites for hydroxylation is 2. The predicted octanol–water partition coefficient (Wildman–Crippen LogP) is 0.454. The van der Waals surface area contributed by atoms with E-state index < -0.39 is 0 Å². The van der Waals surface area contributed by atoms with Crippen LogP contribution in [-0.2, 0) is 13.5 Å². The maximum Gasteiger partial charge on any atom is 0.150 e. The Morgan fingerprint density at radius 1 is 1.62 bits per heavy atom. The first kappa shape index (κ1) is 8.69. The van der Waals surface area contributed by atoms with Gasteiger partial charge in [0.2, 0.25) is 0 Å². The first-order valence-corrected chi connectivity index (χ1v) is 4.91. The molecule has 1 aromatic rings. The van der Waals surface area contributed by atoms with Crippen molar-refractivity contribution in [1.29, 1.82) is 0 Å². The SMILES string of the molecule is CCc1nc(C2CCNC2)n(C)n1. The van der Waals surface area contributed by atoms with E-state index >= 15 is 0 Å². The summed E-state index contributed by atoms with van der Waals surface area (Å²) in [5.41, 5.74) is 0. The molecule has 72 valence electrons. The van der Waals surface area contributed by atoms with Crippen molar-refractivity contribution in [3.05, 3.63) is 11.6 Å². The van der Waals surface area contributed by atoms with Crippen LogP contribution in [0.15, 0.2) is 0 Å². The first-order valence-electron chi connectivity index (χ1n) is 4.91. The van der Waals surface area contributed by atoms with Gasteiger partial charge in [-0.05, 0) is 13.0 Å². The van der Waals surface area contributed by atoms with Crippen LogP contribution >= 0.6 is 0 Å². The van der Waals surface area contributed by atoms with Gasteiger partial charge >= 0.3 is 0 Å². The molecule has 2 rings (SSSR count). The van der Waals surface area contributed by atoms with Crippen molar-refractivity contribution in [3.8, 4) is 0 Å². The van der Waals surface area contributed by atoms with Gasteiger partial charge in [0.05, 0.1) is 0 Å². The van der Waals surface area contributed by atoms with Crippen LogP contribution in [0.4, 0.5) is 0 Å². The zero-order valence-electron chi connectivity index (χ0n) is 8.25. The van der Waals surface area contributed by atoms with E-state index in [2.05, 4.69) is 22.3 Å². The lowest BCUT2D eigenvalue weighted by molar-refractivity contribution is 0.621. The summed E-state index contributed by atoms with van der Waals surface area (Å²) in [6.45, 7) is 4.25. The van der Waals surface area contributed by atoms with E-state index in [0.717, 1.165) is 31.2 Å². The lowest BCUT2D eigenvalue weighted by atomic mass is 10.1. The molecule has 0 radical (unpaired) electrons. The van der Waals surface area contributed by atoms with E-state index in [1.165, 1.54) is 6.42 Å². The maximum absolute atomic E-state index is 4.52. The predicted molar refractivity (Wildman–Crippen MR) is 50.6 cm³/mol. The third kappa shape index (κ3) is 1.58. The summed E-state index contributed by atoms with van der Waals surface area (Å²) in [6.07, 6.45) is 2.11. The Bertz CT molecular complexity index is 286. The van der Waals surface area contributed by atoms with Crippen molar-refractivity contribution in [2.24, 2.45) is 7.05 Å². The van der Waals surface area contributed by atoms with Crippen LogP contribution in [0.2, 0.25) is 0 Å². The van der Waals surface area contributed by atoms with Crippen molar-refractivity contribution in [2.75, 3.05) is 13.1 Å². The highest BCUT2D eigenvalue weighted by atomic mass is 15.3. The van der Waals surface area contributed by atoms with Gasteiger partial charge in [0, 0.05) is 25.9 Å². The normalized spacial score (nSPS) is 22.5. The molecular weight excluding hydrogens is 164 g/mol. The molecule has 0 saturated carbocycles. The van der Waals surface area contributed by atoms with Crippen molar-refractivity contribution in [1.82, 2.24) is 20.1 Å². The lowest BCUT2D eigenvalue weighted by Crippen LogP contribution is -2.11. The summed E-state index contributed by atoms with van der Waals surface area (Å²) in [6, 6.07) is 0. The van der Waals surface area contributed by atoms with E-state index in [9.17, 15) is 0 Å². The maximum atomic E-state index is 4.52. The van der Waals surface area contributed by atoms with Gasteiger partial charge in [-0.2, -0.15) is 5.10 Å². The molecule has 0 amide bonds. The smallest absolute Gasteiger partial charge is 0.150 e. The fourth-order valence-corrected chi connectivity index (χ4v) is 1.83. The first-order chi connectivity index (χ1) is 6.31. The fourth-order valence-electron chi connectivity index (χ4n) is 1.83. The highest BCUT2D eigenvalue weighted by molar-refractivity contribution is 5.03. The number of hydrogen-bond acceptors (Lipinski definition) is 3. The Hall–Kier alpha value is -0.900. The number of aromatic nitrogens is 3. The number of rotatable bonds is 2. The quantitative estimate of drug-likeness (QED) is 0.718. The highest BCUT2D eigenvalue weighted by Crippen LogP contribution is 2.19. The summed E-state index contributed by atoms with van der Waals surface area (Å²) < 4.78 is 1.93. The number of nitrogens with zero attached hydrogens (tertiary/aromatic N) is 3. The molecule has 0 spiro atoms. The number of hydrogen-bond donors (Lipinski definition) is 1. The minimum atomic E-state index is 0.567. The molecule has 1 fully saturated rings. The second-order valence-electron chi connectivity index (χ2n) is 3.55. The molecule has 1 saturated heterocycles. The largest absolute Gasteiger partial charge is 0.316 e. The second kappa shape index (κ2) is 3.46. The Morgan fingerprint density at radius 3 is 3.00 bits per heavy atom. The topological polar surface area (TPSA) is 42.7 Å². The van der Waals surface area contributed by atoms with Gasteiger partial charge in [-0.1, -0.05) is 6.92 Å². The molecule has 0 aliphatic carbocycles. The van der Waals surface area contributed by atoms with E-state index in [0.29, 0.717) is 5.92 Å². The van der Waals surface area contributed by atoms with Gasteiger partial charge in [-0.25, -0.2) is 4.98 Å². The van der Waals surface area contributed by atoms with Crippen LogP contribution in [-0.4, -0.2) is 27.9 Å². The fraction of sp³-hybridized carbons (Fsp3) is 0.778. The van der Waals surface area contributed by atoms with Crippen molar-refractivity contribution >= 4 is 0 Å². The Labute approximate surface area is 78.4 Å². The summed E-state index contributed by atoms with van der Waals surface area (Å²) >= 11 is 0. The standard InChI is InChI=1S/C9H16N4/c1-3-8-11-9(13(2)12-8)7-4-5-10-6-7/h7,10H,3-6H2,1-2H3. The monoisotopic (exact) mass is 180 g/mol. The average Bonchev–Trinajstić information content (AvgIpc) is 2.72. The Balaban J connectivity index is 2.22. The molecule has 1 aromatic heterocycles. The molecule has 1 unspecified atom stereocenters. The van der Waals surface area contributed by atoms with Crippen LogP contribution in [0.5, 0.6) is 0 Å². The van der Waals surface area contributed by atoms with Gasteiger partial charge < -0.3 is 5.32 Å². The minimum Gasteiger partial charge on any atom is -0.316 e. The summed E-state index contributed by atoms with van der Waals surface area (Å²) in [5, 5.41) is 7.70. The minimum absolute atomic E-state index is 0.567.